The van der Waals surface area contributed by atoms with E-state index in [0.29, 0.717) is 12.1 Å². The number of aromatic nitrogens is 1. The van der Waals surface area contributed by atoms with Crippen molar-refractivity contribution >= 4 is 29.1 Å². The smallest absolute Gasteiger partial charge is 0.293 e. The lowest BCUT2D eigenvalue weighted by Gasteiger charge is -2.46. The minimum Gasteiger partial charge on any atom is -0.336 e. The number of carbonyl (C=O) groups excluding carboxylic acids is 4. The van der Waals surface area contributed by atoms with Crippen molar-refractivity contribution < 1.29 is 32.3 Å². The van der Waals surface area contributed by atoms with Crippen molar-refractivity contribution in [1.82, 2.24) is 9.88 Å². The molecule has 37 heavy (non-hydrogen) atoms. The van der Waals surface area contributed by atoms with Gasteiger partial charge in [-0.25, -0.2) is 13.2 Å². The molecule has 2 N–H and O–H groups in total. The van der Waals surface area contributed by atoms with Gasteiger partial charge >= 0.3 is 0 Å². The summed E-state index contributed by atoms with van der Waals surface area (Å²) in [6.45, 7) is 3.02. The molecule has 11 heteroatoms. The molecule has 0 saturated heterocycles. The molecule has 1 aromatic carbocycles. The van der Waals surface area contributed by atoms with Crippen LogP contribution in [0.15, 0.2) is 18.2 Å². The molecule has 1 aromatic heterocycles. The van der Waals surface area contributed by atoms with Gasteiger partial charge in [-0.2, -0.15) is 5.26 Å². The topological polar surface area (TPSA) is 121 Å². The van der Waals surface area contributed by atoms with E-state index in [1.807, 2.05) is 0 Å². The van der Waals surface area contributed by atoms with Crippen LogP contribution in [0.4, 0.5) is 18.9 Å². The van der Waals surface area contributed by atoms with E-state index in [1.54, 1.807) is 10.6 Å². The summed E-state index contributed by atoms with van der Waals surface area (Å²) in [4.78, 5) is 51.9. The van der Waals surface area contributed by atoms with Crippen LogP contribution in [0.2, 0.25) is 0 Å². The number of nitrogens with zero attached hydrogens (tertiary/aromatic N) is 2. The molecule has 2 heterocycles. The Morgan fingerprint density at radius 2 is 1.92 bits per heavy atom. The maximum atomic E-state index is 13.7. The number of hydrogen-bond donors (Lipinski definition) is 2. The van der Waals surface area contributed by atoms with E-state index in [9.17, 15) is 32.3 Å². The third kappa shape index (κ3) is 3.91. The number of nitrogens with one attached hydrogen (secondary N) is 2. The summed E-state index contributed by atoms with van der Waals surface area (Å²) in [7, 11) is 0. The molecule has 0 spiro atoms. The highest BCUT2D eigenvalue weighted by Crippen LogP contribution is 2.54. The third-order valence-corrected chi connectivity index (χ3v) is 7.54. The second kappa shape index (κ2) is 8.30. The van der Waals surface area contributed by atoms with Crippen molar-refractivity contribution in [3.05, 3.63) is 52.1 Å². The number of Topliss-reactive ketones (excluding diaryl/α,β-unsaturated/α-hetero) is 2. The van der Waals surface area contributed by atoms with E-state index >= 15 is 0 Å². The summed E-state index contributed by atoms with van der Waals surface area (Å²) in [6, 6.07) is 5.23. The molecule has 2 amide bonds. The second-order valence-electron chi connectivity index (χ2n) is 10.0. The van der Waals surface area contributed by atoms with Crippen molar-refractivity contribution in [2.45, 2.75) is 63.5 Å². The molecule has 3 aliphatic rings. The van der Waals surface area contributed by atoms with Crippen molar-refractivity contribution in [1.29, 1.82) is 5.26 Å². The van der Waals surface area contributed by atoms with Gasteiger partial charge in [0.25, 0.3) is 23.5 Å². The summed E-state index contributed by atoms with van der Waals surface area (Å²) in [5, 5.41) is 14.0. The van der Waals surface area contributed by atoms with E-state index in [4.69, 9.17) is 5.26 Å². The third-order valence-electron chi connectivity index (χ3n) is 7.54. The van der Waals surface area contributed by atoms with Gasteiger partial charge in [0.05, 0.1) is 11.1 Å². The van der Waals surface area contributed by atoms with E-state index in [1.165, 1.54) is 26.0 Å². The van der Waals surface area contributed by atoms with E-state index in [2.05, 4.69) is 10.6 Å². The fourth-order valence-corrected chi connectivity index (χ4v) is 5.73. The first-order valence-electron chi connectivity index (χ1n) is 11.9. The van der Waals surface area contributed by atoms with Gasteiger partial charge < -0.3 is 15.2 Å². The molecule has 5 rings (SSSR count). The fraction of sp³-hybridized carbons (Fsp3) is 0.423. The Hall–Kier alpha value is -3.94. The molecule has 8 nitrogen and oxygen atoms in total. The number of halogens is 3. The Morgan fingerprint density at radius 3 is 2.54 bits per heavy atom. The number of rotatable bonds is 7. The van der Waals surface area contributed by atoms with Crippen molar-refractivity contribution in [3.63, 3.8) is 0 Å². The molecule has 1 aliphatic heterocycles. The average Bonchev–Trinajstić information content (AvgIpc) is 3.41. The van der Waals surface area contributed by atoms with E-state index in [0.717, 1.165) is 12.5 Å². The van der Waals surface area contributed by atoms with Gasteiger partial charge in [-0.05, 0) is 49.4 Å². The SMILES string of the molecule is CCC(=O)C1(NC(=O)C(=O)c2c(C)c(C(=O)Nc3ccc(F)c(C#N)c3)n3c2C[C@H]2C[C@H]23)CC(F)(F)C1. The summed E-state index contributed by atoms with van der Waals surface area (Å²) in [5.74, 6) is -6.96. The highest BCUT2D eigenvalue weighted by molar-refractivity contribution is 6.44. The van der Waals surface area contributed by atoms with E-state index in [-0.39, 0.29) is 46.5 Å². The number of ketones is 2. The Morgan fingerprint density at radius 1 is 1.22 bits per heavy atom. The van der Waals surface area contributed by atoms with Gasteiger partial charge in [-0.1, -0.05) is 6.92 Å². The number of fused-ring (bicyclic) bond motifs is 3. The predicted octanol–water partition coefficient (Wildman–Crippen LogP) is 3.62. The number of anilines is 1. The van der Waals surface area contributed by atoms with Gasteiger partial charge in [0.15, 0.2) is 5.78 Å². The minimum atomic E-state index is -3.10. The van der Waals surface area contributed by atoms with Crippen molar-refractivity contribution in [2.24, 2.45) is 5.92 Å². The number of carbonyl (C=O) groups is 4. The predicted molar refractivity (Wildman–Crippen MR) is 124 cm³/mol. The molecule has 0 bridgehead atoms. The summed E-state index contributed by atoms with van der Waals surface area (Å²) in [5.41, 5.74) is -0.913. The summed E-state index contributed by atoms with van der Waals surface area (Å²) < 4.78 is 42.7. The summed E-state index contributed by atoms with van der Waals surface area (Å²) >= 11 is 0. The number of benzene rings is 1. The van der Waals surface area contributed by atoms with Crippen LogP contribution in [0, 0.1) is 30.0 Å². The van der Waals surface area contributed by atoms with Crippen molar-refractivity contribution in [2.75, 3.05) is 5.32 Å². The number of hydrogen-bond acceptors (Lipinski definition) is 5. The van der Waals surface area contributed by atoms with Gasteiger partial charge in [-0.3, -0.25) is 19.2 Å². The van der Waals surface area contributed by atoms with Crippen molar-refractivity contribution in [3.8, 4) is 6.07 Å². The highest BCUT2D eigenvalue weighted by atomic mass is 19.3. The molecule has 2 atom stereocenters. The minimum absolute atomic E-state index is 0.0136. The number of nitriles is 1. The van der Waals surface area contributed by atoms with Crippen LogP contribution in [-0.2, 0) is 16.0 Å². The van der Waals surface area contributed by atoms with Crippen LogP contribution in [0.3, 0.4) is 0 Å². The largest absolute Gasteiger partial charge is 0.336 e. The molecule has 2 fully saturated rings. The lowest BCUT2D eigenvalue weighted by molar-refractivity contribution is -0.163. The zero-order valence-corrected chi connectivity index (χ0v) is 20.1. The normalized spacial score (nSPS) is 21.6. The van der Waals surface area contributed by atoms with Crippen LogP contribution in [-0.4, -0.2) is 39.4 Å². The number of alkyl halides is 2. The second-order valence-corrected chi connectivity index (χ2v) is 10.0. The molecular weight excluding hydrogens is 489 g/mol. The quantitative estimate of drug-likeness (QED) is 0.434. The van der Waals surface area contributed by atoms with E-state index < -0.39 is 53.5 Å². The first-order chi connectivity index (χ1) is 17.4. The van der Waals surface area contributed by atoms with Crippen LogP contribution >= 0.6 is 0 Å². The van der Waals surface area contributed by atoms with Gasteiger partial charge in [0.1, 0.15) is 23.1 Å². The Labute approximate surface area is 209 Å². The first kappa shape index (κ1) is 24.7. The molecular formula is C26H23F3N4O4. The standard InChI is InChI=1S/C26H23F3N4O4/c1-3-19(34)25(10-26(28,29)11-25)32-24(37)22(35)20-12(2)21(33-17-7-13(17)8-18(20)33)23(36)31-15-4-5-16(27)14(6-15)9-30/h4-6,13,17H,3,7-8,10-11H2,1-2H3,(H,31,36)(H,32,37)/t13-,17-/m1/s1. The van der Waals surface area contributed by atoms with Crippen LogP contribution in [0.5, 0.6) is 0 Å². The molecule has 0 radical (unpaired) electrons. The van der Waals surface area contributed by atoms with Crippen LogP contribution in [0.25, 0.3) is 0 Å². The molecule has 2 aromatic rings. The maximum absolute atomic E-state index is 13.7. The lowest BCUT2D eigenvalue weighted by Crippen LogP contribution is -2.67. The molecule has 2 aliphatic carbocycles. The Bertz CT molecular complexity index is 1430. The Balaban J connectivity index is 1.45. The molecule has 2 saturated carbocycles. The average molecular weight is 512 g/mol. The molecule has 192 valence electrons. The van der Waals surface area contributed by atoms with Gasteiger partial charge in [-0.15, -0.1) is 0 Å². The zero-order valence-electron chi connectivity index (χ0n) is 20.1. The first-order valence-corrected chi connectivity index (χ1v) is 11.9. The number of amides is 2. The van der Waals surface area contributed by atoms with Gasteiger partial charge in [0.2, 0.25) is 0 Å². The monoisotopic (exact) mass is 512 g/mol. The fourth-order valence-electron chi connectivity index (χ4n) is 5.73. The highest BCUT2D eigenvalue weighted by Gasteiger charge is 2.61. The summed E-state index contributed by atoms with van der Waals surface area (Å²) in [6.07, 6.45) is -0.522. The molecule has 0 unspecified atom stereocenters. The maximum Gasteiger partial charge on any atom is 0.293 e. The van der Waals surface area contributed by atoms with Crippen LogP contribution in [0.1, 0.15) is 76.3 Å². The lowest BCUT2D eigenvalue weighted by atomic mass is 9.69. The van der Waals surface area contributed by atoms with Crippen LogP contribution < -0.4 is 10.6 Å². The van der Waals surface area contributed by atoms with Gasteiger partial charge in [0, 0.05) is 36.7 Å². The zero-order chi connectivity index (χ0) is 26.9. The Kier molecular flexibility index (Phi) is 5.55.